The quantitative estimate of drug-likeness (QED) is 0.327. The molecule has 2 heterocycles. The van der Waals surface area contributed by atoms with Crippen LogP contribution in [0.3, 0.4) is 0 Å². The zero-order chi connectivity index (χ0) is 24.7. The van der Waals surface area contributed by atoms with Crippen molar-refractivity contribution in [1.29, 1.82) is 0 Å². The fraction of sp³-hybridized carbons (Fsp3) is 0.345. The number of rotatable bonds is 9. The maximum Gasteiger partial charge on any atom is 0.223 e. The van der Waals surface area contributed by atoms with Crippen LogP contribution in [-0.2, 0) is 17.8 Å². The van der Waals surface area contributed by atoms with Crippen molar-refractivity contribution in [3.05, 3.63) is 96.5 Å². The van der Waals surface area contributed by atoms with E-state index < -0.39 is 0 Å². The summed E-state index contributed by atoms with van der Waals surface area (Å²) in [7, 11) is 0. The first kappa shape index (κ1) is 24.0. The van der Waals surface area contributed by atoms with Crippen LogP contribution in [0.2, 0.25) is 0 Å². The van der Waals surface area contributed by atoms with E-state index in [0.29, 0.717) is 18.9 Å². The van der Waals surface area contributed by atoms with Crippen molar-refractivity contribution < 1.29 is 4.79 Å². The molecule has 1 atom stereocenters. The number of imidazole rings is 2. The Hall–Kier alpha value is -3.71. The highest BCUT2D eigenvalue weighted by molar-refractivity contribution is 5.79. The molecule has 4 N–H and O–H groups in total. The van der Waals surface area contributed by atoms with E-state index >= 15 is 0 Å². The van der Waals surface area contributed by atoms with E-state index in [1.807, 2.05) is 61.1 Å². The van der Waals surface area contributed by atoms with E-state index in [9.17, 15) is 4.79 Å². The Bertz CT molecular complexity index is 1240. The van der Waals surface area contributed by atoms with E-state index in [4.69, 9.17) is 10.7 Å². The minimum Gasteiger partial charge on any atom is -0.346 e. The van der Waals surface area contributed by atoms with Gasteiger partial charge >= 0.3 is 0 Å². The van der Waals surface area contributed by atoms with E-state index in [-0.39, 0.29) is 17.9 Å². The van der Waals surface area contributed by atoms with Crippen LogP contribution in [0, 0.1) is 11.8 Å². The molecule has 0 spiro atoms. The van der Waals surface area contributed by atoms with Gasteiger partial charge in [-0.2, -0.15) is 0 Å². The van der Waals surface area contributed by atoms with E-state index in [1.54, 1.807) is 0 Å². The first-order chi connectivity index (χ1) is 17.7. The topological polar surface area (TPSA) is 102 Å². The van der Waals surface area contributed by atoms with E-state index in [2.05, 4.69) is 38.2 Å². The minimum absolute atomic E-state index is 0.0227. The Morgan fingerprint density at radius 3 is 2.50 bits per heavy atom. The second kappa shape index (κ2) is 11.4. The molecule has 1 saturated carbocycles. The lowest BCUT2D eigenvalue weighted by molar-refractivity contribution is -0.127. The molecule has 4 aromatic rings. The number of H-pyrrole nitrogens is 1. The highest BCUT2D eigenvalue weighted by atomic mass is 16.2. The molecular formula is C29H34N6O. The van der Waals surface area contributed by atoms with Crippen LogP contribution in [0.15, 0.2) is 79.4 Å². The SMILES string of the molecule is NC[C@H]1CC[C@H](C(=O)N[C@@H](Cc2cn(Cc3ccccc3)cn2)c2nc(-c3ccccc3)c[nH]2)CC1. The van der Waals surface area contributed by atoms with Crippen LogP contribution in [0.25, 0.3) is 11.3 Å². The number of nitrogens with two attached hydrogens (primary N) is 1. The molecule has 5 rings (SSSR count). The number of aromatic amines is 1. The molecule has 186 valence electrons. The Morgan fingerprint density at radius 2 is 1.78 bits per heavy atom. The third-order valence-electron chi connectivity index (χ3n) is 7.17. The van der Waals surface area contributed by atoms with Crippen LogP contribution in [0.5, 0.6) is 0 Å². The number of hydrogen-bond acceptors (Lipinski definition) is 4. The number of nitrogens with one attached hydrogen (secondary N) is 2. The number of carbonyl (C=O) groups is 1. The monoisotopic (exact) mass is 482 g/mol. The molecule has 0 bridgehead atoms. The fourth-order valence-electron chi connectivity index (χ4n) is 5.04. The summed E-state index contributed by atoms with van der Waals surface area (Å²) < 4.78 is 2.08. The zero-order valence-electron chi connectivity index (χ0n) is 20.5. The summed E-state index contributed by atoms with van der Waals surface area (Å²) in [5, 5.41) is 3.29. The van der Waals surface area contributed by atoms with Gasteiger partial charge in [-0.1, -0.05) is 60.7 Å². The molecular weight excluding hydrogens is 448 g/mol. The van der Waals surface area contributed by atoms with Gasteiger partial charge in [-0.05, 0) is 43.7 Å². The number of nitrogens with zero attached hydrogens (tertiary/aromatic N) is 3. The van der Waals surface area contributed by atoms with Gasteiger partial charge in [0, 0.05) is 36.8 Å². The van der Waals surface area contributed by atoms with Gasteiger partial charge in [-0.3, -0.25) is 4.79 Å². The third-order valence-corrected chi connectivity index (χ3v) is 7.17. The average molecular weight is 483 g/mol. The van der Waals surface area contributed by atoms with E-state index in [1.165, 1.54) is 5.56 Å². The average Bonchev–Trinajstić information content (AvgIpc) is 3.59. The largest absolute Gasteiger partial charge is 0.346 e. The highest BCUT2D eigenvalue weighted by Crippen LogP contribution is 2.29. The summed E-state index contributed by atoms with van der Waals surface area (Å²) in [5.41, 5.74) is 9.89. The number of benzene rings is 2. The van der Waals surface area contributed by atoms with Crippen molar-refractivity contribution >= 4 is 5.91 Å². The molecule has 0 aliphatic heterocycles. The van der Waals surface area contributed by atoms with Gasteiger partial charge in [-0.15, -0.1) is 0 Å². The molecule has 1 amide bonds. The second-order valence-corrected chi connectivity index (χ2v) is 9.78. The number of hydrogen-bond donors (Lipinski definition) is 3. The molecule has 0 unspecified atom stereocenters. The second-order valence-electron chi connectivity index (χ2n) is 9.78. The summed E-state index contributed by atoms with van der Waals surface area (Å²) in [6, 6.07) is 20.1. The molecule has 1 aliphatic carbocycles. The fourth-order valence-corrected chi connectivity index (χ4v) is 5.04. The summed E-state index contributed by atoms with van der Waals surface area (Å²) in [5.74, 6) is 1.40. The molecule has 7 nitrogen and oxygen atoms in total. The lowest BCUT2D eigenvalue weighted by Gasteiger charge is -2.28. The number of amides is 1. The standard InChI is InChI=1S/C29H34N6O/c30-16-21-11-13-24(14-12-21)29(36)34-26(28-31-17-27(33-28)23-9-5-2-6-10-23)15-25-19-35(20-32-25)18-22-7-3-1-4-8-22/h1-10,17,19-21,24,26H,11-16,18,30H2,(H,31,33)(H,34,36)/t21-,24-,26-/m0/s1. The first-order valence-electron chi connectivity index (χ1n) is 12.8. The molecule has 2 aromatic heterocycles. The van der Waals surface area contributed by atoms with Crippen LogP contribution in [0.1, 0.15) is 48.8 Å². The minimum atomic E-state index is -0.290. The maximum absolute atomic E-state index is 13.3. The van der Waals surface area contributed by atoms with Gasteiger partial charge in [-0.25, -0.2) is 9.97 Å². The van der Waals surface area contributed by atoms with Crippen molar-refractivity contribution in [2.45, 2.75) is 44.7 Å². The Balaban J connectivity index is 1.33. The predicted molar refractivity (Wildman–Crippen MR) is 141 cm³/mol. The zero-order valence-corrected chi connectivity index (χ0v) is 20.5. The lowest BCUT2D eigenvalue weighted by atomic mass is 9.81. The molecule has 36 heavy (non-hydrogen) atoms. The van der Waals surface area contributed by atoms with Crippen molar-refractivity contribution in [2.24, 2.45) is 17.6 Å². The molecule has 0 saturated heterocycles. The van der Waals surface area contributed by atoms with Gasteiger partial charge in [0.05, 0.1) is 23.8 Å². The maximum atomic E-state index is 13.3. The van der Waals surface area contributed by atoms with Crippen LogP contribution in [0.4, 0.5) is 0 Å². The molecule has 1 aliphatic rings. The predicted octanol–water partition coefficient (Wildman–Crippen LogP) is 4.49. The van der Waals surface area contributed by atoms with Crippen molar-refractivity contribution in [3.8, 4) is 11.3 Å². The third kappa shape index (κ3) is 5.91. The lowest BCUT2D eigenvalue weighted by Crippen LogP contribution is -2.37. The molecule has 2 aromatic carbocycles. The molecule has 0 radical (unpaired) electrons. The summed E-state index contributed by atoms with van der Waals surface area (Å²) in [6.45, 7) is 1.46. The molecule has 7 heteroatoms. The summed E-state index contributed by atoms with van der Waals surface area (Å²) >= 11 is 0. The van der Waals surface area contributed by atoms with Gasteiger partial charge < -0.3 is 20.6 Å². The van der Waals surface area contributed by atoms with Crippen LogP contribution >= 0.6 is 0 Å². The van der Waals surface area contributed by atoms with E-state index in [0.717, 1.165) is 55.0 Å². The van der Waals surface area contributed by atoms with Crippen molar-refractivity contribution in [2.75, 3.05) is 6.54 Å². The smallest absolute Gasteiger partial charge is 0.223 e. The summed E-state index contributed by atoms with van der Waals surface area (Å²) in [6.07, 6.45) is 10.2. The van der Waals surface area contributed by atoms with Crippen molar-refractivity contribution in [1.82, 2.24) is 24.8 Å². The number of aromatic nitrogens is 4. The first-order valence-corrected chi connectivity index (χ1v) is 12.8. The Labute approximate surface area is 212 Å². The van der Waals surface area contributed by atoms with Gasteiger partial charge in [0.2, 0.25) is 5.91 Å². The van der Waals surface area contributed by atoms with Gasteiger partial charge in [0.15, 0.2) is 0 Å². The Morgan fingerprint density at radius 1 is 1.06 bits per heavy atom. The van der Waals surface area contributed by atoms with Crippen molar-refractivity contribution in [3.63, 3.8) is 0 Å². The van der Waals surface area contributed by atoms with Crippen LogP contribution in [-0.4, -0.2) is 32.0 Å². The normalized spacial score (nSPS) is 18.6. The van der Waals surface area contributed by atoms with Gasteiger partial charge in [0.25, 0.3) is 0 Å². The highest BCUT2D eigenvalue weighted by Gasteiger charge is 2.28. The molecule has 1 fully saturated rings. The van der Waals surface area contributed by atoms with Crippen LogP contribution < -0.4 is 11.1 Å². The Kier molecular flexibility index (Phi) is 7.57. The summed E-state index contributed by atoms with van der Waals surface area (Å²) in [4.78, 5) is 26.1. The van der Waals surface area contributed by atoms with Gasteiger partial charge in [0.1, 0.15) is 5.82 Å². The number of carbonyl (C=O) groups excluding carboxylic acids is 1.